The summed E-state index contributed by atoms with van der Waals surface area (Å²) in [5, 5.41) is 14.9. The number of nitrogens with zero attached hydrogens (tertiary/aromatic N) is 3. The second-order valence-electron chi connectivity index (χ2n) is 7.49. The second-order valence-corrected chi connectivity index (χ2v) is 7.49. The lowest BCUT2D eigenvalue weighted by Gasteiger charge is -2.22. The van der Waals surface area contributed by atoms with E-state index >= 15 is 0 Å². The summed E-state index contributed by atoms with van der Waals surface area (Å²) in [4.78, 5) is 3.79. The van der Waals surface area contributed by atoms with Gasteiger partial charge in [-0.05, 0) is 48.9 Å². The van der Waals surface area contributed by atoms with Gasteiger partial charge in [0, 0.05) is 30.5 Å². The van der Waals surface area contributed by atoms with Gasteiger partial charge in [-0.2, -0.15) is 13.2 Å². The van der Waals surface area contributed by atoms with Crippen molar-refractivity contribution in [2.45, 2.75) is 32.0 Å². The highest BCUT2D eigenvalue weighted by atomic mass is 35.5. The molecule has 2 N–H and O–H groups in total. The number of pyridine rings is 1. The lowest BCUT2D eigenvalue weighted by atomic mass is 9.83. The van der Waals surface area contributed by atoms with Gasteiger partial charge in [0.25, 0.3) is 0 Å². The average molecular weight is 400 g/mol. The third-order valence-electron chi connectivity index (χ3n) is 5.61. The molecule has 0 bridgehead atoms. The number of nitrogens with one attached hydrogen (secondary N) is 2. The first-order valence-corrected chi connectivity index (χ1v) is 8.68. The highest BCUT2D eigenvalue weighted by Crippen LogP contribution is 2.46. The predicted octanol–water partition coefficient (Wildman–Crippen LogP) is 3.78. The van der Waals surface area contributed by atoms with Crippen LogP contribution < -0.4 is 10.6 Å². The zero-order chi connectivity index (χ0) is 18.4. The Morgan fingerprint density at radius 1 is 1.22 bits per heavy atom. The molecule has 0 aromatic carbocycles. The molecule has 3 heterocycles. The fourth-order valence-electron chi connectivity index (χ4n) is 4.24. The highest BCUT2D eigenvalue weighted by Gasteiger charge is 2.46. The van der Waals surface area contributed by atoms with E-state index in [0.29, 0.717) is 23.2 Å². The number of rotatable bonds is 3. The van der Waals surface area contributed by atoms with E-state index in [1.54, 1.807) is 12.1 Å². The minimum atomic E-state index is -4.46. The van der Waals surface area contributed by atoms with E-state index in [9.17, 15) is 13.2 Å². The fraction of sp³-hybridized carbons (Fsp3) is 0.500. The molecule has 0 radical (unpaired) electrons. The Morgan fingerprint density at radius 3 is 2.70 bits per heavy atom. The molecule has 1 saturated heterocycles. The topological polar surface area (TPSA) is 62.7 Å². The molecule has 9 heteroatoms. The summed E-state index contributed by atoms with van der Waals surface area (Å²) in [6, 6.07) is 4.51. The van der Waals surface area contributed by atoms with Gasteiger partial charge in [0.05, 0.1) is 11.3 Å². The number of hydrogen-bond donors (Lipinski definition) is 2. The Morgan fingerprint density at radius 2 is 2.04 bits per heavy atom. The van der Waals surface area contributed by atoms with Gasteiger partial charge in [-0.1, -0.05) is 6.92 Å². The van der Waals surface area contributed by atoms with Crippen LogP contribution >= 0.6 is 12.4 Å². The van der Waals surface area contributed by atoms with Crippen LogP contribution in [0, 0.1) is 11.3 Å². The van der Waals surface area contributed by atoms with Crippen LogP contribution in [0.5, 0.6) is 0 Å². The molecule has 1 saturated carbocycles. The van der Waals surface area contributed by atoms with E-state index < -0.39 is 11.7 Å². The SMILES string of the molecule is C[C@@]12CNC[C@@H]1C[C@@H](Nc1ccc(-c3cnccc3C(F)(F)F)nn1)C2.Cl. The molecular formula is C18H21ClF3N5. The Bertz CT molecular complexity index is 798. The molecule has 2 aliphatic rings. The van der Waals surface area contributed by atoms with E-state index in [-0.39, 0.29) is 23.7 Å². The smallest absolute Gasteiger partial charge is 0.366 e. The standard InChI is InChI=1S/C18H20F3N5.ClH/c1-17-7-12(6-11(17)8-23-10-17)24-16-3-2-15(25-26-16)13-9-22-5-4-14(13)18(19,20)21;/h2-5,9,11-12,23H,6-8,10H2,1H3,(H,24,26);1H/t11-,12+,17+;/m0./s1. The third kappa shape index (κ3) is 3.87. The maximum atomic E-state index is 13.1. The van der Waals surface area contributed by atoms with Crippen LogP contribution in [0.2, 0.25) is 0 Å². The molecule has 2 aromatic heterocycles. The molecule has 2 aromatic rings. The van der Waals surface area contributed by atoms with E-state index in [1.165, 1.54) is 6.20 Å². The van der Waals surface area contributed by atoms with Crippen molar-refractivity contribution in [3.63, 3.8) is 0 Å². The lowest BCUT2D eigenvalue weighted by molar-refractivity contribution is -0.137. The number of fused-ring (bicyclic) bond motifs is 1. The zero-order valence-corrected chi connectivity index (χ0v) is 15.6. The van der Waals surface area contributed by atoms with Gasteiger partial charge in [-0.15, -0.1) is 22.6 Å². The molecule has 0 amide bonds. The average Bonchev–Trinajstić information content (AvgIpc) is 3.09. The van der Waals surface area contributed by atoms with Crippen molar-refractivity contribution in [2.75, 3.05) is 18.4 Å². The van der Waals surface area contributed by atoms with Crippen molar-refractivity contribution >= 4 is 18.2 Å². The number of halogens is 4. The molecule has 146 valence electrons. The molecule has 2 fully saturated rings. The van der Waals surface area contributed by atoms with Crippen LogP contribution in [0.1, 0.15) is 25.3 Å². The van der Waals surface area contributed by atoms with Gasteiger partial charge in [0.2, 0.25) is 0 Å². The molecule has 0 spiro atoms. The fourth-order valence-corrected chi connectivity index (χ4v) is 4.24. The minimum absolute atomic E-state index is 0. The summed E-state index contributed by atoms with van der Waals surface area (Å²) in [5.41, 5.74) is -0.350. The molecule has 5 nitrogen and oxygen atoms in total. The molecule has 1 aliphatic heterocycles. The Kier molecular flexibility index (Phi) is 5.31. The summed E-state index contributed by atoms with van der Waals surface area (Å²) >= 11 is 0. The second kappa shape index (κ2) is 7.24. The first kappa shape index (κ1) is 19.8. The first-order valence-electron chi connectivity index (χ1n) is 8.68. The minimum Gasteiger partial charge on any atom is -0.366 e. The Hall–Kier alpha value is -1.93. The van der Waals surface area contributed by atoms with E-state index in [1.807, 2.05) is 0 Å². The Labute approximate surface area is 161 Å². The number of alkyl halides is 3. The molecule has 4 rings (SSSR count). The number of aromatic nitrogens is 3. The molecule has 0 unspecified atom stereocenters. The summed E-state index contributed by atoms with van der Waals surface area (Å²) in [6.07, 6.45) is -0.0430. The molecule has 3 atom stereocenters. The van der Waals surface area contributed by atoms with Crippen LogP contribution in [-0.2, 0) is 6.18 Å². The maximum absolute atomic E-state index is 13.1. The van der Waals surface area contributed by atoms with Gasteiger partial charge in [-0.3, -0.25) is 4.98 Å². The van der Waals surface area contributed by atoms with Crippen molar-refractivity contribution in [2.24, 2.45) is 11.3 Å². The van der Waals surface area contributed by atoms with Crippen LogP contribution in [0.4, 0.5) is 19.0 Å². The molecule has 1 aliphatic carbocycles. The van der Waals surface area contributed by atoms with Crippen molar-refractivity contribution in [1.29, 1.82) is 0 Å². The predicted molar refractivity (Wildman–Crippen MR) is 98.6 cm³/mol. The zero-order valence-electron chi connectivity index (χ0n) is 14.8. The summed E-state index contributed by atoms with van der Waals surface area (Å²) < 4.78 is 39.4. The van der Waals surface area contributed by atoms with Gasteiger partial charge >= 0.3 is 6.18 Å². The van der Waals surface area contributed by atoms with Gasteiger partial charge in [0.15, 0.2) is 0 Å². The first-order chi connectivity index (χ1) is 12.4. The van der Waals surface area contributed by atoms with E-state index in [0.717, 1.165) is 38.2 Å². The van der Waals surface area contributed by atoms with Crippen molar-refractivity contribution in [3.8, 4) is 11.3 Å². The molecule has 27 heavy (non-hydrogen) atoms. The van der Waals surface area contributed by atoms with E-state index in [2.05, 4.69) is 32.7 Å². The number of anilines is 1. The third-order valence-corrected chi connectivity index (χ3v) is 5.61. The van der Waals surface area contributed by atoms with Gasteiger partial charge in [0.1, 0.15) is 5.82 Å². The number of hydrogen-bond acceptors (Lipinski definition) is 5. The summed E-state index contributed by atoms with van der Waals surface area (Å²) in [7, 11) is 0. The highest BCUT2D eigenvalue weighted by molar-refractivity contribution is 5.85. The van der Waals surface area contributed by atoms with Crippen LogP contribution in [0.15, 0.2) is 30.6 Å². The van der Waals surface area contributed by atoms with Crippen LogP contribution in [0.25, 0.3) is 11.3 Å². The van der Waals surface area contributed by atoms with Crippen LogP contribution in [-0.4, -0.2) is 34.3 Å². The van der Waals surface area contributed by atoms with E-state index in [4.69, 9.17) is 0 Å². The lowest BCUT2D eigenvalue weighted by Crippen LogP contribution is -2.25. The quantitative estimate of drug-likeness (QED) is 0.822. The molecular weight excluding hydrogens is 379 g/mol. The summed E-state index contributed by atoms with van der Waals surface area (Å²) in [5.74, 6) is 1.24. The monoisotopic (exact) mass is 399 g/mol. The normalized spacial score (nSPS) is 27.1. The van der Waals surface area contributed by atoms with Crippen molar-refractivity contribution < 1.29 is 13.2 Å². The van der Waals surface area contributed by atoms with Crippen molar-refractivity contribution in [1.82, 2.24) is 20.5 Å². The Balaban J connectivity index is 0.00000210. The maximum Gasteiger partial charge on any atom is 0.417 e. The van der Waals surface area contributed by atoms with Gasteiger partial charge in [-0.25, -0.2) is 0 Å². The van der Waals surface area contributed by atoms with Crippen molar-refractivity contribution in [3.05, 3.63) is 36.2 Å². The summed E-state index contributed by atoms with van der Waals surface area (Å²) in [6.45, 7) is 4.37. The van der Waals surface area contributed by atoms with Crippen LogP contribution in [0.3, 0.4) is 0 Å². The largest absolute Gasteiger partial charge is 0.417 e. The van der Waals surface area contributed by atoms with Gasteiger partial charge < -0.3 is 10.6 Å².